The lowest BCUT2D eigenvalue weighted by molar-refractivity contribution is 0.324. The summed E-state index contributed by atoms with van der Waals surface area (Å²) in [6, 6.07) is 5.96. The molecule has 2 aromatic rings. The molecule has 0 aliphatic rings. The summed E-state index contributed by atoms with van der Waals surface area (Å²) in [6.07, 6.45) is 0. The smallest absolute Gasteiger partial charge is 0.203 e. The quantitative estimate of drug-likeness (QED) is 0.546. The van der Waals surface area contributed by atoms with E-state index in [1.807, 2.05) is 19.1 Å². The highest BCUT2D eigenvalue weighted by molar-refractivity contribution is 7.10. The molecule has 1 heterocycles. The highest BCUT2D eigenvalue weighted by Gasteiger charge is 2.13. The topological polar surface area (TPSA) is 64.1 Å². The molecule has 0 unspecified atom stereocenters. The minimum atomic E-state index is 0.496. The lowest BCUT2D eigenvalue weighted by Crippen LogP contribution is -2.36. The minimum absolute atomic E-state index is 0.496. The van der Waals surface area contributed by atoms with Crippen molar-refractivity contribution in [3.63, 3.8) is 0 Å². The molecule has 2 N–H and O–H groups in total. The number of nitrogens with one attached hydrogen (secondary N) is 2. The molecule has 0 saturated carbocycles. The first kappa shape index (κ1) is 19.9. The van der Waals surface area contributed by atoms with Crippen molar-refractivity contribution < 1.29 is 14.2 Å². The average Bonchev–Trinajstić information content (AvgIpc) is 3.07. The van der Waals surface area contributed by atoms with Gasteiger partial charge in [0.25, 0.3) is 0 Å². The van der Waals surface area contributed by atoms with E-state index in [-0.39, 0.29) is 0 Å². The standard InChI is InChI=1S/C19H27N3O3S/c1-6-20-19(22-12-17-13(2)7-8-26-17)21-11-14-9-15(23-3)18(25-5)16(10-14)24-4/h7-10H,6,11-12H2,1-5H3,(H2,20,21,22). The van der Waals surface area contributed by atoms with E-state index in [1.165, 1.54) is 10.4 Å². The second kappa shape index (κ2) is 9.91. The number of aryl methyl sites for hydroxylation is 1. The van der Waals surface area contributed by atoms with Gasteiger partial charge in [-0.05, 0) is 48.6 Å². The van der Waals surface area contributed by atoms with Crippen LogP contribution < -0.4 is 24.8 Å². The molecular formula is C19H27N3O3S. The number of guanidine groups is 1. The lowest BCUT2D eigenvalue weighted by atomic mass is 10.2. The number of hydrogen-bond acceptors (Lipinski definition) is 5. The number of thiophene rings is 1. The molecule has 26 heavy (non-hydrogen) atoms. The Morgan fingerprint density at radius 3 is 2.27 bits per heavy atom. The van der Waals surface area contributed by atoms with Crippen molar-refractivity contribution in [2.75, 3.05) is 27.9 Å². The molecule has 0 aliphatic carbocycles. The maximum absolute atomic E-state index is 5.40. The third-order valence-electron chi connectivity index (χ3n) is 3.87. The van der Waals surface area contributed by atoms with E-state index in [9.17, 15) is 0 Å². The third kappa shape index (κ3) is 5.05. The van der Waals surface area contributed by atoms with E-state index < -0.39 is 0 Å². The zero-order chi connectivity index (χ0) is 18.9. The van der Waals surface area contributed by atoms with Crippen LogP contribution in [0, 0.1) is 6.92 Å². The summed E-state index contributed by atoms with van der Waals surface area (Å²) in [5.74, 6) is 2.61. The second-order valence-corrected chi connectivity index (χ2v) is 6.61. The molecule has 0 bridgehead atoms. The van der Waals surface area contributed by atoms with Crippen molar-refractivity contribution >= 4 is 17.3 Å². The van der Waals surface area contributed by atoms with Gasteiger partial charge in [0.05, 0.1) is 34.4 Å². The molecule has 0 saturated heterocycles. The molecule has 0 spiro atoms. The van der Waals surface area contributed by atoms with Crippen molar-refractivity contribution in [1.82, 2.24) is 10.6 Å². The fraction of sp³-hybridized carbons (Fsp3) is 0.421. The van der Waals surface area contributed by atoms with Gasteiger partial charge in [0.1, 0.15) is 0 Å². The summed E-state index contributed by atoms with van der Waals surface area (Å²) < 4.78 is 16.2. The first-order valence-corrected chi connectivity index (χ1v) is 9.34. The number of nitrogens with zero attached hydrogens (tertiary/aromatic N) is 1. The number of aliphatic imine (C=N–C) groups is 1. The fourth-order valence-corrected chi connectivity index (χ4v) is 3.33. The highest BCUT2D eigenvalue weighted by Crippen LogP contribution is 2.38. The summed E-state index contributed by atoms with van der Waals surface area (Å²) in [4.78, 5) is 5.97. The van der Waals surface area contributed by atoms with Crippen LogP contribution in [0.2, 0.25) is 0 Å². The first-order valence-electron chi connectivity index (χ1n) is 8.46. The Hall–Kier alpha value is -2.41. The first-order chi connectivity index (χ1) is 12.6. The predicted molar refractivity (Wildman–Crippen MR) is 107 cm³/mol. The van der Waals surface area contributed by atoms with Gasteiger partial charge in [-0.15, -0.1) is 11.3 Å². The molecule has 1 aromatic carbocycles. The van der Waals surface area contributed by atoms with Crippen LogP contribution in [-0.4, -0.2) is 33.8 Å². The van der Waals surface area contributed by atoms with Crippen LogP contribution in [0.25, 0.3) is 0 Å². The normalized spacial score (nSPS) is 11.2. The van der Waals surface area contributed by atoms with Gasteiger partial charge in [-0.2, -0.15) is 0 Å². The molecule has 0 atom stereocenters. The van der Waals surface area contributed by atoms with Gasteiger partial charge in [0.15, 0.2) is 17.5 Å². The largest absolute Gasteiger partial charge is 0.493 e. The van der Waals surface area contributed by atoms with E-state index in [2.05, 4.69) is 34.0 Å². The Balaban J connectivity index is 2.14. The fourth-order valence-electron chi connectivity index (χ4n) is 2.49. The number of hydrogen-bond donors (Lipinski definition) is 2. The van der Waals surface area contributed by atoms with E-state index in [4.69, 9.17) is 14.2 Å². The average molecular weight is 378 g/mol. The molecule has 0 aliphatic heterocycles. The minimum Gasteiger partial charge on any atom is -0.493 e. The van der Waals surface area contributed by atoms with Crippen molar-refractivity contribution in [1.29, 1.82) is 0 Å². The van der Waals surface area contributed by atoms with Gasteiger partial charge >= 0.3 is 0 Å². The van der Waals surface area contributed by atoms with Crippen molar-refractivity contribution in [2.45, 2.75) is 26.9 Å². The van der Waals surface area contributed by atoms with Crippen LogP contribution in [0.5, 0.6) is 17.2 Å². The molecule has 0 amide bonds. The Morgan fingerprint density at radius 2 is 1.77 bits per heavy atom. The molecule has 142 valence electrons. The van der Waals surface area contributed by atoms with Gasteiger partial charge in [-0.3, -0.25) is 0 Å². The number of rotatable bonds is 8. The number of ether oxygens (including phenoxy) is 3. The molecule has 0 radical (unpaired) electrons. The summed E-state index contributed by atoms with van der Waals surface area (Å²) in [5, 5.41) is 8.75. The zero-order valence-electron chi connectivity index (χ0n) is 16.0. The van der Waals surface area contributed by atoms with Crippen LogP contribution in [0.1, 0.15) is 22.9 Å². The van der Waals surface area contributed by atoms with Crippen LogP contribution in [0.4, 0.5) is 0 Å². The Bertz CT molecular complexity index is 718. The predicted octanol–water partition coefficient (Wildman–Crippen LogP) is 3.34. The maximum Gasteiger partial charge on any atom is 0.203 e. The molecule has 2 rings (SSSR count). The molecule has 0 fully saturated rings. The summed E-state index contributed by atoms with van der Waals surface area (Å²) in [5.41, 5.74) is 2.27. The van der Waals surface area contributed by atoms with Crippen LogP contribution in [0.3, 0.4) is 0 Å². The van der Waals surface area contributed by atoms with Crippen molar-refractivity contribution in [3.05, 3.63) is 39.6 Å². The summed E-state index contributed by atoms with van der Waals surface area (Å²) in [6.45, 7) is 6.21. The molecule has 7 heteroatoms. The van der Waals surface area contributed by atoms with E-state index >= 15 is 0 Å². The van der Waals surface area contributed by atoms with Gasteiger partial charge in [-0.1, -0.05) is 0 Å². The monoisotopic (exact) mass is 377 g/mol. The van der Waals surface area contributed by atoms with Crippen LogP contribution in [0.15, 0.2) is 28.6 Å². The summed E-state index contributed by atoms with van der Waals surface area (Å²) >= 11 is 1.75. The molecule has 1 aromatic heterocycles. The second-order valence-electron chi connectivity index (χ2n) is 5.61. The molecular weight excluding hydrogens is 350 g/mol. The lowest BCUT2D eigenvalue weighted by Gasteiger charge is -2.14. The number of benzene rings is 1. The summed E-state index contributed by atoms with van der Waals surface area (Å²) in [7, 11) is 4.82. The van der Waals surface area contributed by atoms with Crippen LogP contribution in [-0.2, 0) is 13.1 Å². The SMILES string of the molecule is CCNC(=NCc1cc(OC)c(OC)c(OC)c1)NCc1sccc1C. The zero-order valence-corrected chi connectivity index (χ0v) is 16.8. The van der Waals surface area contributed by atoms with E-state index in [0.29, 0.717) is 23.8 Å². The van der Waals surface area contributed by atoms with Gasteiger partial charge in [0.2, 0.25) is 5.75 Å². The van der Waals surface area contributed by atoms with E-state index in [1.54, 1.807) is 32.7 Å². The Morgan fingerprint density at radius 1 is 1.08 bits per heavy atom. The van der Waals surface area contributed by atoms with Crippen molar-refractivity contribution in [3.8, 4) is 17.2 Å². The number of methoxy groups -OCH3 is 3. The van der Waals surface area contributed by atoms with Gasteiger partial charge in [0, 0.05) is 11.4 Å². The third-order valence-corrected chi connectivity index (χ3v) is 4.90. The van der Waals surface area contributed by atoms with Gasteiger partial charge in [-0.25, -0.2) is 4.99 Å². The molecule has 6 nitrogen and oxygen atoms in total. The Kier molecular flexibility index (Phi) is 7.59. The van der Waals surface area contributed by atoms with E-state index in [0.717, 1.165) is 24.6 Å². The van der Waals surface area contributed by atoms with Gasteiger partial charge < -0.3 is 24.8 Å². The maximum atomic E-state index is 5.40. The van der Waals surface area contributed by atoms with Crippen LogP contribution >= 0.6 is 11.3 Å². The Labute approximate surface area is 159 Å². The van der Waals surface area contributed by atoms with Crippen molar-refractivity contribution in [2.24, 2.45) is 4.99 Å². The highest BCUT2D eigenvalue weighted by atomic mass is 32.1.